The highest BCUT2D eigenvalue weighted by Crippen LogP contribution is 1.88. The fraction of sp³-hybridized carbons (Fsp3) is 0.667. The van der Waals surface area contributed by atoms with Gasteiger partial charge in [0.25, 0.3) is 0 Å². The molecule has 0 aliphatic carbocycles. The monoisotopic (exact) mass is 188 g/mol. The van der Waals surface area contributed by atoms with Crippen LogP contribution in [0.4, 0.5) is 0 Å². The quantitative estimate of drug-likeness (QED) is 0.514. The number of imidazole rings is 1. The molecular weight excluding hydrogens is 172 g/mol. The zero-order valence-electron chi connectivity index (χ0n) is 7.83. The Balaban J connectivity index is 0.00000121. The van der Waals surface area contributed by atoms with Gasteiger partial charge < -0.3 is 12.4 Å². The van der Waals surface area contributed by atoms with Gasteiger partial charge in [0.15, 0.2) is 0 Å². The molecule has 0 aliphatic heterocycles. The minimum absolute atomic E-state index is 0. The number of hydrogen-bond donors (Lipinski definition) is 0. The maximum absolute atomic E-state index is 2.23. The highest BCUT2D eigenvalue weighted by atomic mass is 35.5. The van der Waals surface area contributed by atoms with Crippen LogP contribution in [0.3, 0.4) is 0 Å². The van der Waals surface area contributed by atoms with Crippen LogP contribution in [0.15, 0.2) is 18.7 Å². The fourth-order valence-electron chi connectivity index (χ4n) is 1.22. The van der Waals surface area contributed by atoms with Gasteiger partial charge in [-0.15, -0.1) is 0 Å². The zero-order chi connectivity index (χ0) is 8.10. The third-order valence-corrected chi connectivity index (χ3v) is 1.71. The Kier molecular flexibility index (Phi) is 5.81. The second-order valence-electron chi connectivity index (χ2n) is 2.89. The zero-order valence-corrected chi connectivity index (χ0v) is 8.59. The maximum atomic E-state index is 2.23. The van der Waals surface area contributed by atoms with E-state index in [1.54, 1.807) is 0 Å². The second-order valence-corrected chi connectivity index (χ2v) is 2.89. The van der Waals surface area contributed by atoms with Crippen molar-refractivity contribution in [1.82, 2.24) is 4.57 Å². The topological polar surface area (TPSA) is 8.81 Å². The highest BCUT2D eigenvalue weighted by molar-refractivity contribution is 4.65. The van der Waals surface area contributed by atoms with Crippen LogP contribution in [-0.2, 0) is 13.1 Å². The number of nitrogens with zero attached hydrogens (tertiary/aromatic N) is 2. The van der Waals surface area contributed by atoms with E-state index in [1.807, 2.05) is 0 Å². The van der Waals surface area contributed by atoms with Crippen LogP contribution >= 0.6 is 0 Å². The standard InChI is InChI=1S/C9H17N2.ClH/c1-3-5-10-7-8-11(9-10)6-4-2;/h7-9H,3-6H2,1-2H3;1H/q+1;/p-1. The SMILES string of the molecule is CCCn1cc[n+](CCC)c1.[Cl-]. The summed E-state index contributed by atoms with van der Waals surface area (Å²) in [7, 11) is 0. The molecule has 0 radical (unpaired) electrons. The number of halogens is 1. The van der Waals surface area contributed by atoms with Gasteiger partial charge in [-0.05, 0) is 12.8 Å². The van der Waals surface area contributed by atoms with Gasteiger partial charge in [0.05, 0.1) is 13.1 Å². The van der Waals surface area contributed by atoms with E-state index in [4.69, 9.17) is 0 Å². The van der Waals surface area contributed by atoms with Gasteiger partial charge in [0.1, 0.15) is 12.4 Å². The molecular formula is C9H17ClN2. The van der Waals surface area contributed by atoms with Gasteiger partial charge in [-0.1, -0.05) is 13.8 Å². The Morgan fingerprint density at radius 3 is 2.58 bits per heavy atom. The minimum Gasteiger partial charge on any atom is -1.00 e. The average molecular weight is 189 g/mol. The predicted molar refractivity (Wildman–Crippen MR) is 45.2 cm³/mol. The van der Waals surface area contributed by atoms with E-state index in [0.717, 1.165) is 13.1 Å². The van der Waals surface area contributed by atoms with Crippen molar-refractivity contribution in [2.75, 3.05) is 0 Å². The molecule has 0 aliphatic rings. The largest absolute Gasteiger partial charge is 1.00 e. The van der Waals surface area contributed by atoms with Crippen LogP contribution in [0.5, 0.6) is 0 Å². The summed E-state index contributed by atoms with van der Waals surface area (Å²) in [5.41, 5.74) is 0. The third kappa shape index (κ3) is 3.26. The van der Waals surface area contributed by atoms with Crippen LogP contribution in [0.25, 0.3) is 0 Å². The molecule has 1 aromatic rings. The van der Waals surface area contributed by atoms with E-state index in [-0.39, 0.29) is 12.4 Å². The van der Waals surface area contributed by atoms with E-state index < -0.39 is 0 Å². The smallest absolute Gasteiger partial charge is 0.243 e. The van der Waals surface area contributed by atoms with Crippen molar-refractivity contribution in [3.63, 3.8) is 0 Å². The van der Waals surface area contributed by atoms with Crippen molar-refractivity contribution in [2.45, 2.75) is 39.8 Å². The van der Waals surface area contributed by atoms with Gasteiger partial charge in [-0.25, -0.2) is 9.13 Å². The van der Waals surface area contributed by atoms with Crippen LogP contribution in [0.2, 0.25) is 0 Å². The summed E-state index contributed by atoms with van der Waals surface area (Å²) >= 11 is 0. The molecule has 0 aromatic carbocycles. The Bertz CT molecular complexity index is 188. The normalized spacial score (nSPS) is 9.50. The Labute approximate surface area is 80.6 Å². The first-order chi connectivity index (χ1) is 5.36. The number of aryl methyl sites for hydroxylation is 2. The van der Waals surface area contributed by atoms with E-state index in [2.05, 4.69) is 41.7 Å². The molecule has 0 fully saturated rings. The lowest BCUT2D eigenvalue weighted by Crippen LogP contribution is -3.00. The van der Waals surface area contributed by atoms with Gasteiger partial charge in [-0.2, -0.15) is 0 Å². The summed E-state index contributed by atoms with van der Waals surface area (Å²) in [6, 6.07) is 0. The molecule has 1 aromatic heterocycles. The van der Waals surface area contributed by atoms with Crippen molar-refractivity contribution in [1.29, 1.82) is 0 Å². The van der Waals surface area contributed by atoms with Gasteiger partial charge in [0.2, 0.25) is 6.33 Å². The Morgan fingerprint density at radius 2 is 2.00 bits per heavy atom. The number of rotatable bonds is 4. The maximum Gasteiger partial charge on any atom is 0.243 e. The van der Waals surface area contributed by atoms with E-state index in [1.165, 1.54) is 12.8 Å². The molecule has 70 valence electrons. The highest BCUT2D eigenvalue weighted by Gasteiger charge is 1.99. The summed E-state index contributed by atoms with van der Waals surface area (Å²) in [4.78, 5) is 0. The third-order valence-electron chi connectivity index (χ3n) is 1.71. The second kappa shape index (κ2) is 6.06. The van der Waals surface area contributed by atoms with Gasteiger partial charge in [-0.3, -0.25) is 0 Å². The van der Waals surface area contributed by atoms with Crippen LogP contribution < -0.4 is 17.0 Å². The van der Waals surface area contributed by atoms with Crippen molar-refractivity contribution >= 4 is 0 Å². The number of aromatic nitrogens is 2. The lowest BCUT2D eigenvalue weighted by Gasteiger charge is -1.90. The van der Waals surface area contributed by atoms with Gasteiger partial charge >= 0.3 is 0 Å². The Hall–Kier alpha value is -0.500. The van der Waals surface area contributed by atoms with Crippen molar-refractivity contribution in [2.24, 2.45) is 0 Å². The first kappa shape index (κ1) is 11.5. The molecule has 3 heteroatoms. The summed E-state index contributed by atoms with van der Waals surface area (Å²) in [6.45, 7) is 6.67. The average Bonchev–Trinajstić information content (AvgIpc) is 2.38. The molecule has 0 saturated heterocycles. The molecule has 0 saturated carbocycles. The predicted octanol–water partition coefficient (Wildman–Crippen LogP) is -1.40. The van der Waals surface area contributed by atoms with Crippen molar-refractivity contribution in [3.8, 4) is 0 Å². The molecule has 2 nitrogen and oxygen atoms in total. The summed E-state index contributed by atoms with van der Waals surface area (Å²) < 4.78 is 4.46. The summed E-state index contributed by atoms with van der Waals surface area (Å²) in [5, 5.41) is 0. The minimum atomic E-state index is 0. The molecule has 0 amide bonds. The van der Waals surface area contributed by atoms with Crippen LogP contribution in [0, 0.1) is 0 Å². The van der Waals surface area contributed by atoms with E-state index in [9.17, 15) is 0 Å². The van der Waals surface area contributed by atoms with Crippen molar-refractivity contribution in [3.05, 3.63) is 18.7 Å². The molecule has 1 heterocycles. The molecule has 0 unspecified atom stereocenters. The molecule has 12 heavy (non-hydrogen) atoms. The Morgan fingerprint density at radius 1 is 1.25 bits per heavy atom. The van der Waals surface area contributed by atoms with Crippen LogP contribution in [-0.4, -0.2) is 4.57 Å². The van der Waals surface area contributed by atoms with E-state index >= 15 is 0 Å². The number of hydrogen-bond acceptors (Lipinski definition) is 0. The first-order valence-electron chi connectivity index (χ1n) is 4.41. The summed E-state index contributed by atoms with van der Waals surface area (Å²) in [6.07, 6.45) is 8.87. The van der Waals surface area contributed by atoms with E-state index in [0.29, 0.717) is 0 Å². The molecule has 0 N–H and O–H groups in total. The molecule has 0 bridgehead atoms. The summed E-state index contributed by atoms with van der Waals surface area (Å²) in [5.74, 6) is 0. The fourth-order valence-corrected chi connectivity index (χ4v) is 1.22. The lowest BCUT2D eigenvalue weighted by molar-refractivity contribution is -0.696. The molecule has 0 spiro atoms. The van der Waals surface area contributed by atoms with Gasteiger partial charge in [0, 0.05) is 0 Å². The van der Waals surface area contributed by atoms with Crippen molar-refractivity contribution < 1.29 is 17.0 Å². The first-order valence-corrected chi connectivity index (χ1v) is 4.41. The lowest BCUT2D eigenvalue weighted by atomic mass is 10.5. The van der Waals surface area contributed by atoms with Crippen LogP contribution in [0.1, 0.15) is 26.7 Å². The molecule has 0 atom stereocenters. The molecule has 1 rings (SSSR count).